The predicted octanol–water partition coefficient (Wildman–Crippen LogP) is 3.28. The molecule has 0 amide bonds. The molecule has 0 aromatic rings. The number of azo groups is 1. The van der Waals surface area contributed by atoms with Gasteiger partial charge in [-0.05, 0) is 22.0 Å². The zero-order valence-electron chi connectivity index (χ0n) is 5.38. The quantitative estimate of drug-likeness (QED) is 0.610. The molecule has 1 heterocycles. The van der Waals surface area contributed by atoms with Crippen LogP contribution in [-0.2, 0) is 0 Å². The van der Waals surface area contributed by atoms with Crippen LogP contribution in [0.15, 0.2) is 44.3 Å². The molecule has 0 spiro atoms. The van der Waals surface area contributed by atoms with E-state index >= 15 is 0 Å². The van der Waals surface area contributed by atoms with Gasteiger partial charge in [-0.3, -0.25) is 0 Å². The van der Waals surface area contributed by atoms with Crippen LogP contribution in [0.5, 0.6) is 0 Å². The van der Waals surface area contributed by atoms with Crippen molar-refractivity contribution >= 4 is 27.5 Å². The molecule has 2 aliphatic rings. The van der Waals surface area contributed by atoms with Crippen LogP contribution < -0.4 is 0 Å². The number of hydrogen-bond donors (Lipinski definition) is 0. The first-order valence-electron chi connectivity index (χ1n) is 3.01. The summed E-state index contributed by atoms with van der Waals surface area (Å²) >= 11 is 9.22. The first-order valence-corrected chi connectivity index (χ1v) is 4.18. The van der Waals surface area contributed by atoms with E-state index in [0.29, 0.717) is 5.38 Å². The number of nitrogens with zero attached hydrogens (tertiary/aromatic N) is 2. The maximum atomic E-state index is 5.87. The van der Waals surface area contributed by atoms with Crippen molar-refractivity contribution in [3.05, 3.63) is 39.5 Å². The van der Waals surface area contributed by atoms with Gasteiger partial charge in [-0.1, -0.05) is 6.08 Å². The molecule has 1 aliphatic heterocycles. The van der Waals surface area contributed by atoms with Gasteiger partial charge in [0.2, 0.25) is 0 Å². The number of halogens is 2. The van der Waals surface area contributed by atoms with Crippen molar-refractivity contribution in [2.24, 2.45) is 10.2 Å². The van der Waals surface area contributed by atoms with Gasteiger partial charge in [0.05, 0.1) is 6.20 Å². The molecule has 4 heteroatoms. The van der Waals surface area contributed by atoms with Gasteiger partial charge in [0.25, 0.3) is 0 Å². The lowest BCUT2D eigenvalue weighted by Crippen LogP contribution is -1.96. The molecule has 0 fully saturated rings. The minimum atomic E-state index is 0.688. The van der Waals surface area contributed by atoms with E-state index in [1.165, 1.54) is 0 Å². The van der Waals surface area contributed by atoms with Gasteiger partial charge in [0.1, 0.15) is 11.1 Å². The molecule has 0 bridgehead atoms. The van der Waals surface area contributed by atoms with Crippen molar-refractivity contribution in [3.8, 4) is 0 Å². The van der Waals surface area contributed by atoms with Crippen molar-refractivity contribution in [1.29, 1.82) is 0 Å². The number of hydrogen-bond acceptors (Lipinski definition) is 2. The lowest BCUT2D eigenvalue weighted by Gasteiger charge is -2.10. The summed E-state index contributed by atoms with van der Waals surface area (Å²) in [6.07, 6.45) is 5.33. The molecule has 55 valence electrons. The predicted molar refractivity (Wildman–Crippen MR) is 47.1 cm³/mol. The van der Waals surface area contributed by atoms with E-state index in [0.717, 1.165) is 15.8 Å². The first kappa shape index (κ1) is 7.25. The second-order valence-corrected chi connectivity index (χ2v) is 3.40. The van der Waals surface area contributed by atoms with Crippen molar-refractivity contribution in [1.82, 2.24) is 0 Å². The molecule has 11 heavy (non-hydrogen) atoms. The molecule has 0 atom stereocenters. The molecule has 0 saturated carbocycles. The van der Waals surface area contributed by atoms with Crippen LogP contribution >= 0.6 is 27.5 Å². The molecule has 0 aromatic carbocycles. The Bertz CT molecular complexity index is 314. The largest absolute Gasteiger partial charge is 0.158 e. The molecule has 1 aliphatic carbocycles. The second-order valence-electron chi connectivity index (χ2n) is 2.14. The highest BCUT2D eigenvalue weighted by atomic mass is 79.9. The standard InChI is InChI=1S/C7H3BrClN2/c8-5-1-2-6(9)4-3-10-11-7(4)5/h1-3H. The van der Waals surface area contributed by atoms with Crippen LogP contribution in [0.2, 0.25) is 0 Å². The highest BCUT2D eigenvalue weighted by molar-refractivity contribution is 9.11. The molecule has 0 saturated heterocycles. The Morgan fingerprint density at radius 1 is 1.36 bits per heavy atom. The molecule has 0 N–H and O–H groups in total. The van der Waals surface area contributed by atoms with E-state index < -0.39 is 0 Å². The molecule has 0 aromatic heterocycles. The lowest BCUT2D eigenvalue weighted by atomic mass is 10.1. The van der Waals surface area contributed by atoms with Crippen molar-refractivity contribution in [2.45, 2.75) is 0 Å². The van der Waals surface area contributed by atoms with E-state index in [4.69, 9.17) is 11.6 Å². The average molecular weight is 230 g/mol. The van der Waals surface area contributed by atoms with E-state index in [1.807, 2.05) is 12.2 Å². The monoisotopic (exact) mass is 229 g/mol. The third kappa shape index (κ3) is 1.08. The third-order valence-electron chi connectivity index (χ3n) is 1.46. The Kier molecular flexibility index (Phi) is 1.69. The minimum Gasteiger partial charge on any atom is -0.158 e. The van der Waals surface area contributed by atoms with Crippen LogP contribution in [0, 0.1) is 5.38 Å². The number of rotatable bonds is 0. The summed E-state index contributed by atoms with van der Waals surface area (Å²) in [7, 11) is 0. The lowest BCUT2D eigenvalue weighted by molar-refractivity contribution is 1.21. The molecule has 1 radical (unpaired) electrons. The van der Waals surface area contributed by atoms with E-state index in [9.17, 15) is 0 Å². The van der Waals surface area contributed by atoms with Gasteiger partial charge in [0.15, 0.2) is 0 Å². The Labute approximate surface area is 77.5 Å². The van der Waals surface area contributed by atoms with Crippen molar-refractivity contribution < 1.29 is 0 Å². The summed E-state index contributed by atoms with van der Waals surface area (Å²) in [6, 6.07) is 0. The van der Waals surface area contributed by atoms with Gasteiger partial charge in [-0.25, -0.2) is 0 Å². The summed E-state index contributed by atoms with van der Waals surface area (Å²) in [5.74, 6) is 0. The summed E-state index contributed by atoms with van der Waals surface area (Å²) < 4.78 is 0.925. The molecule has 2 nitrogen and oxygen atoms in total. The first-order chi connectivity index (χ1) is 5.29. The molecular weight excluding hydrogens is 227 g/mol. The fourth-order valence-corrected chi connectivity index (χ4v) is 1.55. The zero-order chi connectivity index (χ0) is 7.84. The van der Waals surface area contributed by atoms with Gasteiger partial charge in [0, 0.05) is 10.1 Å². The van der Waals surface area contributed by atoms with Crippen LogP contribution in [0.1, 0.15) is 0 Å². The second kappa shape index (κ2) is 2.57. The summed E-state index contributed by atoms with van der Waals surface area (Å²) in [6.45, 7) is 0. The SMILES string of the molecule is Cl[C]1C=CC(Br)=C2N=NC=C12. The van der Waals surface area contributed by atoms with Crippen molar-refractivity contribution in [3.63, 3.8) is 0 Å². The van der Waals surface area contributed by atoms with E-state index in [-0.39, 0.29) is 0 Å². The fraction of sp³-hybridized carbons (Fsp3) is 0. The summed E-state index contributed by atoms with van der Waals surface area (Å²) in [4.78, 5) is 0. The Balaban J connectivity index is 2.52. The zero-order valence-corrected chi connectivity index (χ0v) is 7.72. The van der Waals surface area contributed by atoms with Gasteiger partial charge in [-0.15, -0.1) is 16.7 Å². The topological polar surface area (TPSA) is 24.7 Å². The minimum absolute atomic E-state index is 0.688. The van der Waals surface area contributed by atoms with Crippen LogP contribution in [0.25, 0.3) is 0 Å². The Morgan fingerprint density at radius 2 is 2.18 bits per heavy atom. The normalized spacial score (nSPS) is 22.5. The van der Waals surface area contributed by atoms with Crippen LogP contribution in [0.4, 0.5) is 0 Å². The third-order valence-corrected chi connectivity index (χ3v) is 2.43. The summed E-state index contributed by atoms with van der Waals surface area (Å²) in [5, 5.41) is 8.34. The Morgan fingerprint density at radius 3 is 2.91 bits per heavy atom. The average Bonchev–Trinajstić information content (AvgIpc) is 2.45. The van der Waals surface area contributed by atoms with Crippen LogP contribution in [-0.4, -0.2) is 0 Å². The number of fused-ring (bicyclic) bond motifs is 1. The Hall–Kier alpha value is -0.410. The molecular formula is C7H3BrClN2. The van der Waals surface area contributed by atoms with Gasteiger partial charge < -0.3 is 0 Å². The maximum Gasteiger partial charge on any atom is 0.118 e. The number of allylic oxidation sites excluding steroid dienone is 4. The maximum absolute atomic E-state index is 5.87. The smallest absolute Gasteiger partial charge is 0.118 e. The summed E-state index contributed by atoms with van der Waals surface area (Å²) in [5.41, 5.74) is 1.71. The van der Waals surface area contributed by atoms with E-state index in [1.54, 1.807) is 6.20 Å². The van der Waals surface area contributed by atoms with Crippen LogP contribution in [0.3, 0.4) is 0 Å². The molecule has 0 unspecified atom stereocenters. The van der Waals surface area contributed by atoms with Gasteiger partial charge >= 0.3 is 0 Å². The highest BCUT2D eigenvalue weighted by Gasteiger charge is 2.23. The van der Waals surface area contributed by atoms with E-state index in [2.05, 4.69) is 26.2 Å². The van der Waals surface area contributed by atoms with Gasteiger partial charge in [-0.2, -0.15) is 5.11 Å². The van der Waals surface area contributed by atoms with Crippen molar-refractivity contribution in [2.75, 3.05) is 0 Å². The fourth-order valence-electron chi connectivity index (χ4n) is 0.926. The molecule has 2 rings (SSSR count). The highest BCUT2D eigenvalue weighted by Crippen LogP contribution is 2.39.